The molecule has 7 heteroatoms. The smallest absolute Gasteiger partial charge is 0.339 e. The highest BCUT2D eigenvalue weighted by Crippen LogP contribution is 2.48. The normalized spacial score (nSPS) is 14.7. The summed E-state index contributed by atoms with van der Waals surface area (Å²) in [6, 6.07) is 30.1. The Morgan fingerprint density at radius 2 is 1.52 bits per heavy atom. The van der Waals surface area contributed by atoms with Crippen molar-refractivity contribution in [2.45, 2.75) is 29.1 Å². The number of anilines is 2. The van der Waals surface area contributed by atoms with E-state index in [-0.39, 0.29) is 11.7 Å². The van der Waals surface area contributed by atoms with Crippen LogP contribution in [0.4, 0.5) is 11.4 Å². The van der Waals surface area contributed by atoms with Gasteiger partial charge >= 0.3 is 5.97 Å². The number of fused-ring (bicyclic) bond motifs is 4. The average Bonchev–Trinajstić information content (AvgIpc) is 3.02. The molecule has 4 aromatic carbocycles. The number of phenolic OH excluding ortho intramolecular Hbond substituents is 1. The molecule has 0 atom stereocenters. The highest BCUT2D eigenvalue weighted by atomic mass is 32.2. The minimum absolute atomic E-state index is 0.208. The number of rotatable bonds is 4. The van der Waals surface area contributed by atoms with E-state index in [1.54, 1.807) is 28.8 Å². The highest BCUT2D eigenvalue weighted by molar-refractivity contribution is 7.99. The molecule has 0 saturated carbocycles. The van der Waals surface area contributed by atoms with Gasteiger partial charge in [0.15, 0.2) is 6.61 Å². The third kappa shape index (κ3) is 4.72. The number of aromatic hydroxyl groups is 1. The van der Waals surface area contributed by atoms with Gasteiger partial charge in [0.1, 0.15) is 5.75 Å². The number of hydrogen-bond donors (Lipinski definition) is 1. The van der Waals surface area contributed by atoms with Crippen LogP contribution in [0.2, 0.25) is 0 Å². The number of carbonyl (C=O) groups excluding carboxylic acids is 2. The maximum absolute atomic E-state index is 13.8. The van der Waals surface area contributed by atoms with Gasteiger partial charge in [0, 0.05) is 15.2 Å². The lowest BCUT2D eigenvalue weighted by atomic mass is 9.86. The summed E-state index contributed by atoms with van der Waals surface area (Å²) in [7, 11) is 0. The molecule has 42 heavy (non-hydrogen) atoms. The third-order valence-corrected chi connectivity index (χ3v) is 8.75. The van der Waals surface area contributed by atoms with E-state index in [4.69, 9.17) is 9.72 Å². The predicted molar refractivity (Wildman–Crippen MR) is 165 cm³/mol. The molecular weight excluding hydrogens is 544 g/mol. The van der Waals surface area contributed by atoms with Gasteiger partial charge in [-0.1, -0.05) is 66.4 Å². The molecule has 0 unspecified atom stereocenters. The second-order valence-corrected chi connectivity index (χ2v) is 11.4. The topological polar surface area (TPSA) is 79.7 Å². The second kappa shape index (κ2) is 10.8. The van der Waals surface area contributed by atoms with Gasteiger partial charge in [0.25, 0.3) is 5.91 Å². The van der Waals surface area contributed by atoms with Crippen LogP contribution < -0.4 is 4.90 Å². The van der Waals surface area contributed by atoms with E-state index in [1.807, 2.05) is 84.9 Å². The number of para-hydroxylation sites is 3. The van der Waals surface area contributed by atoms with Gasteiger partial charge in [-0.15, -0.1) is 0 Å². The van der Waals surface area contributed by atoms with E-state index in [9.17, 15) is 14.7 Å². The molecule has 0 saturated heterocycles. The first-order chi connectivity index (χ1) is 20.6. The van der Waals surface area contributed by atoms with Crippen molar-refractivity contribution >= 4 is 57.6 Å². The zero-order valence-electron chi connectivity index (χ0n) is 22.6. The monoisotopic (exact) mass is 570 g/mol. The Bertz CT molecular complexity index is 1850. The number of allylic oxidation sites excluding steroid dienone is 1. The Kier molecular flexibility index (Phi) is 6.72. The van der Waals surface area contributed by atoms with Crippen molar-refractivity contribution in [3.63, 3.8) is 0 Å². The molecule has 0 radical (unpaired) electrons. The van der Waals surface area contributed by atoms with Gasteiger partial charge < -0.3 is 9.84 Å². The molecule has 0 bridgehead atoms. The Balaban J connectivity index is 1.23. The van der Waals surface area contributed by atoms with Gasteiger partial charge in [0.2, 0.25) is 0 Å². The molecule has 1 aromatic heterocycles. The first-order valence-electron chi connectivity index (χ1n) is 13.8. The standard InChI is InChI=1S/C35H26N2O4S/c38-24-18-16-22(17-19-24)20-23-8-7-10-26-33(25-9-1-2-11-27(25)36-34(23)26)35(40)41-21-32(39)37-28-12-3-5-14-30(28)42-31-15-6-4-13-29(31)37/h1-6,9,11-20,38H,7-8,10,21H2/b23-20+. The molecule has 6 nitrogen and oxygen atoms in total. The average molecular weight is 571 g/mol. The van der Waals surface area contributed by atoms with Gasteiger partial charge in [-0.3, -0.25) is 9.69 Å². The van der Waals surface area contributed by atoms with Crippen molar-refractivity contribution in [3.8, 4) is 5.75 Å². The van der Waals surface area contributed by atoms with Crippen LogP contribution in [0.25, 0.3) is 22.6 Å². The summed E-state index contributed by atoms with van der Waals surface area (Å²) >= 11 is 1.62. The molecular formula is C35H26N2O4S. The lowest BCUT2D eigenvalue weighted by molar-refractivity contribution is -0.121. The zero-order chi connectivity index (χ0) is 28.6. The summed E-state index contributed by atoms with van der Waals surface area (Å²) in [6.45, 7) is -0.395. The number of hydrogen-bond acceptors (Lipinski definition) is 6. The number of esters is 1. The van der Waals surface area contributed by atoms with Crippen molar-refractivity contribution in [2.75, 3.05) is 11.5 Å². The summed E-state index contributed by atoms with van der Waals surface area (Å²) in [4.78, 5) is 36.1. The molecule has 1 N–H and O–H groups in total. The highest BCUT2D eigenvalue weighted by Gasteiger charge is 2.30. The molecule has 1 aliphatic carbocycles. The van der Waals surface area contributed by atoms with Crippen molar-refractivity contribution in [2.24, 2.45) is 0 Å². The number of carbonyl (C=O) groups is 2. The second-order valence-electron chi connectivity index (χ2n) is 10.3. The fourth-order valence-corrected chi connectivity index (χ4v) is 6.78. The lowest BCUT2D eigenvalue weighted by Gasteiger charge is -2.30. The number of aromatic nitrogens is 1. The Hall–Kier alpha value is -4.88. The van der Waals surface area contributed by atoms with Crippen molar-refractivity contribution in [1.82, 2.24) is 4.98 Å². The Labute approximate surface area is 247 Å². The lowest BCUT2D eigenvalue weighted by Crippen LogP contribution is -2.32. The predicted octanol–water partition coefficient (Wildman–Crippen LogP) is 7.80. The van der Waals surface area contributed by atoms with Crippen LogP contribution in [0.5, 0.6) is 5.75 Å². The number of pyridine rings is 1. The summed E-state index contributed by atoms with van der Waals surface area (Å²) in [5, 5.41) is 10.4. The molecule has 2 aliphatic rings. The largest absolute Gasteiger partial charge is 0.508 e. The van der Waals surface area contributed by atoms with Crippen LogP contribution in [-0.4, -0.2) is 28.6 Å². The number of benzene rings is 4. The number of nitrogens with zero attached hydrogens (tertiary/aromatic N) is 2. The summed E-state index contributed by atoms with van der Waals surface area (Å²) in [6.07, 6.45) is 4.41. The molecule has 0 fully saturated rings. The minimum Gasteiger partial charge on any atom is -0.508 e. The molecule has 1 aliphatic heterocycles. The van der Waals surface area contributed by atoms with Crippen molar-refractivity contribution in [1.29, 1.82) is 0 Å². The van der Waals surface area contributed by atoms with E-state index in [1.165, 1.54) is 0 Å². The SMILES string of the molecule is O=C(OCC(=O)N1c2ccccc2Sc2ccccc21)c1c2c(nc3ccccc13)/C(=C/c1ccc(O)cc1)CCC2. The van der Waals surface area contributed by atoms with Crippen LogP contribution in [0.3, 0.4) is 0 Å². The van der Waals surface area contributed by atoms with E-state index in [0.29, 0.717) is 22.9 Å². The van der Waals surface area contributed by atoms with E-state index in [2.05, 4.69) is 6.08 Å². The van der Waals surface area contributed by atoms with Crippen molar-refractivity contribution in [3.05, 3.63) is 119 Å². The maximum Gasteiger partial charge on any atom is 0.339 e. The molecule has 7 rings (SSSR count). The fraction of sp³-hybridized carbons (Fsp3) is 0.114. The van der Waals surface area contributed by atoms with Crippen LogP contribution in [0, 0.1) is 0 Å². The summed E-state index contributed by atoms with van der Waals surface area (Å²) in [5.41, 5.74) is 6.31. The van der Waals surface area contributed by atoms with Crippen LogP contribution >= 0.6 is 11.8 Å². The van der Waals surface area contributed by atoms with Crippen LogP contribution in [-0.2, 0) is 16.0 Å². The summed E-state index contributed by atoms with van der Waals surface area (Å²) < 4.78 is 5.80. The number of amides is 1. The third-order valence-electron chi connectivity index (χ3n) is 7.62. The van der Waals surface area contributed by atoms with Crippen LogP contribution in [0.1, 0.15) is 40.0 Å². The fourth-order valence-electron chi connectivity index (χ4n) is 5.72. The number of phenols is 1. The molecule has 2 heterocycles. The molecule has 5 aromatic rings. The van der Waals surface area contributed by atoms with Gasteiger partial charge in [-0.05, 0) is 84.5 Å². The van der Waals surface area contributed by atoms with Crippen molar-refractivity contribution < 1.29 is 19.4 Å². The first kappa shape index (κ1) is 26.0. The van der Waals surface area contributed by atoms with Gasteiger partial charge in [0.05, 0.1) is 28.1 Å². The molecule has 1 amide bonds. The van der Waals surface area contributed by atoms with E-state index >= 15 is 0 Å². The Morgan fingerprint density at radius 1 is 0.857 bits per heavy atom. The van der Waals surface area contributed by atoms with E-state index in [0.717, 1.165) is 56.4 Å². The number of ether oxygens (including phenoxy) is 1. The van der Waals surface area contributed by atoms with Gasteiger partial charge in [-0.25, -0.2) is 9.78 Å². The quantitative estimate of drug-likeness (QED) is 0.222. The maximum atomic E-state index is 13.8. The van der Waals surface area contributed by atoms with Gasteiger partial charge in [-0.2, -0.15) is 0 Å². The van der Waals surface area contributed by atoms with E-state index < -0.39 is 12.6 Å². The van der Waals surface area contributed by atoms with Crippen LogP contribution in [0.15, 0.2) is 107 Å². The minimum atomic E-state index is -0.531. The zero-order valence-corrected chi connectivity index (χ0v) is 23.4. The first-order valence-corrected chi connectivity index (χ1v) is 14.7. The molecule has 0 spiro atoms. The Morgan fingerprint density at radius 3 is 2.26 bits per heavy atom. The summed E-state index contributed by atoms with van der Waals surface area (Å²) in [5.74, 6) is -0.638. The molecule has 206 valence electrons.